The minimum absolute atomic E-state index is 0.156. The van der Waals surface area contributed by atoms with Crippen LogP contribution in [0.15, 0.2) is 0 Å². The lowest BCUT2D eigenvalue weighted by Gasteiger charge is -2.34. The van der Waals surface area contributed by atoms with Crippen LogP contribution in [-0.2, 0) is 0 Å². The summed E-state index contributed by atoms with van der Waals surface area (Å²) in [7, 11) is 0. The van der Waals surface area contributed by atoms with Gasteiger partial charge < -0.3 is 10.4 Å². The molecule has 0 saturated carbocycles. The van der Waals surface area contributed by atoms with Gasteiger partial charge in [0.1, 0.15) is 0 Å². The molecule has 84 valence electrons. The van der Waals surface area contributed by atoms with E-state index in [0.717, 1.165) is 32.6 Å². The van der Waals surface area contributed by atoms with E-state index in [2.05, 4.69) is 17.1 Å². The molecule has 1 aliphatic heterocycles. The molecule has 2 atom stereocenters. The molecule has 0 spiro atoms. The van der Waals surface area contributed by atoms with Crippen molar-refractivity contribution in [3.05, 3.63) is 0 Å². The van der Waals surface area contributed by atoms with Crippen molar-refractivity contribution in [2.45, 2.75) is 45.3 Å². The maximum absolute atomic E-state index is 9.63. The second-order valence-electron chi connectivity index (χ2n) is 4.15. The minimum atomic E-state index is -0.156. The van der Waals surface area contributed by atoms with Crippen LogP contribution in [0.5, 0.6) is 0 Å². The predicted octanol–water partition coefficient (Wildman–Crippen LogP) is 0.831. The average molecular weight is 200 g/mol. The molecule has 1 heterocycles. The maximum Gasteiger partial charge on any atom is 0.0664 e. The van der Waals surface area contributed by atoms with Crippen molar-refractivity contribution < 1.29 is 5.11 Å². The molecule has 0 bridgehead atoms. The van der Waals surface area contributed by atoms with Gasteiger partial charge in [-0.1, -0.05) is 13.8 Å². The molecule has 0 aromatic rings. The molecule has 1 fully saturated rings. The van der Waals surface area contributed by atoms with Crippen LogP contribution in [-0.4, -0.2) is 48.3 Å². The Bertz CT molecular complexity index is 146. The number of rotatable bonds is 5. The van der Waals surface area contributed by atoms with E-state index in [-0.39, 0.29) is 6.10 Å². The van der Waals surface area contributed by atoms with E-state index in [1.54, 1.807) is 0 Å². The molecule has 0 radical (unpaired) electrons. The monoisotopic (exact) mass is 200 g/mol. The quantitative estimate of drug-likeness (QED) is 0.690. The van der Waals surface area contributed by atoms with E-state index in [4.69, 9.17) is 0 Å². The van der Waals surface area contributed by atoms with Crippen LogP contribution in [0.4, 0.5) is 0 Å². The number of nitrogens with one attached hydrogen (secondary N) is 1. The molecule has 0 aromatic carbocycles. The Hall–Kier alpha value is -0.120. The SMILES string of the molecule is CCC(O)CN(CC)C1CCCNC1. The molecule has 1 saturated heterocycles. The van der Waals surface area contributed by atoms with Gasteiger partial charge in [-0.25, -0.2) is 0 Å². The molecular weight excluding hydrogens is 176 g/mol. The van der Waals surface area contributed by atoms with Crippen molar-refractivity contribution in [1.29, 1.82) is 0 Å². The Kier molecular flexibility index (Phi) is 5.45. The van der Waals surface area contributed by atoms with Gasteiger partial charge in [-0.15, -0.1) is 0 Å². The third kappa shape index (κ3) is 3.56. The number of nitrogens with zero attached hydrogens (tertiary/aromatic N) is 1. The zero-order chi connectivity index (χ0) is 10.4. The van der Waals surface area contributed by atoms with Crippen molar-refractivity contribution in [1.82, 2.24) is 10.2 Å². The van der Waals surface area contributed by atoms with Crippen molar-refractivity contribution in [3.8, 4) is 0 Å². The van der Waals surface area contributed by atoms with Gasteiger partial charge in [0.05, 0.1) is 6.10 Å². The van der Waals surface area contributed by atoms with Crippen molar-refractivity contribution >= 4 is 0 Å². The fourth-order valence-electron chi connectivity index (χ4n) is 2.08. The fourth-order valence-corrected chi connectivity index (χ4v) is 2.08. The fraction of sp³-hybridized carbons (Fsp3) is 1.00. The van der Waals surface area contributed by atoms with Gasteiger partial charge in [0.2, 0.25) is 0 Å². The average Bonchev–Trinajstić information content (AvgIpc) is 2.26. The first-order chi connectivity index (χ1) is 6.77. The van der Waals surface area contributed by atoms with Crippen molar-refractivity contribution in [2.75, 3.05) is 26.2 Å². The second kappa shape index (κ2) is 6.38. The summed E-state index contributed by atoms with van der Waals surface area (Å²) in [4.78, 5) is 2.40. The zero-order valence-electron chi connectivity index (χ0n) is 9.50. The van der Waals surface area contributed by atoms with Crippen LogP contribution in [0, 0.1) is 0 Å². The number of aliphatic hydroxyl groups excluding tert-OH is 1. The zero-order valence-corrected chi connectivity index (χ0v) is 9.50. The van der Waals surface area contributed by atoms with Crippen LogP contribution < -0.4 is 5.32 Å². The van der Waals surface area contributed by atoms with E-state index < -0.39 is 0 Å². The van der Waals surface area contributed by atoms with Crippen LogP contribution >= 0.6 is 0 Å². The van der Waals surface area contributed by atoms with Gasteiger partial charge in [0, 0.05) is 19.1 Å². The Morgan fingerprint density at radius 1 is 1.50 bits per heavy atom. The molecule has 1 aliphatic rings. The number of hydrogen-bond acceptors (Lipinski definition) is 3. The van der Waals surface area contributed by atoms with Gasteiger partial charge in [-0.05, 0) is 32.4 Å². The highest BCUT2D eigenvalue weighted by Crippen LogP contribution is 2.11. The summed E-state index contributed by atoms with van der Waals surface area (Å²) in [5.74, 6) is 0. The smallest absolute Gasteiger partial charge is 0.0664 e. The first kappa shape index (κ1) is 12.0. The van der Waals surface area contributed by atoms with E-state index in [0.29, 0.717) is 6.04 Å². The molecule has 0 aromatic heterocycles. The summed E-state index contributed by atoms with van der Waals surface area (Å²) in [5.41, 5.74) is 0. The molecule has 0 aliphatic carbocycles. The van der Waals surface area contributed by atoms with Gasteiger partial charge in [0.15, 0.2) is 0 Å². The van der Waals surface area contributed by atoms with Gasteiger partial charge in [0.25, 0.3) is 0 Å². The topological polar surface area (TPSA) is 35.5 Å². The van der Waals surface area contributed by atoms with E-state index in [9.17, 15) is 5.11 Å². The van der Waals surface area contributed by atoms with Crippen molar-refractivity contribution in [2.24, 2.45) is 0 Å². The lowest BCUT2D eigenvalue weighted by Crippen LogP contribution is -2.48. The third-order valence-corrected chi connectivity index (χ3v) is 3.11. The normalized spacial score (nSPS) is 25.3. The van der Waals surface area contributed by atoms with Crippen LogP contribution in [0.25, 0.3) is 0 Å². The predicted molar refractivity (Wildman–Crippen MR) is 59.4 cm³/mol. The summed E-state index contributed by atoms with van der Waals surface area (Å²) in [6.45, 7) is 8.34. The molecule has 14 heavy (non-hydrogen) atoms. The Morgan fingerprint density at radius 3 is 2.79 bits per heavy atom. The van der Waals surface area contributed by atoms with Crippen LogP contribution in [0.2, 0.25) is 0 Å². The van der Waals surface area contributed by atoms with Gasteiger partial charge >= 0.3 is 0 Å². The van der Waals surface area contributed by atoms with E-state index >= 15 is 0 Å². The van der Waals surface area contributed by atoms with Crippen LogP contribution in [0.1, 0.15) is 33.1 Å². The highest BCUT2D eigenvalue weighted by atomic mass is 16.3. The summed E-state index contributed by atoms with van der Waals surface area (Å²) in [6, 6.07) is 0.634. The van der Waals surface area contributed by atoms with Crippen LogP contribution in [0.3, 0.4) is 0 Å². The number of hydrogen-bond donors (Lipinski definition) is 2. The largest absolute Gasteiger partial charge is 0.392 e. The lowest BCUT2D eigenvalue weighted by molar-refractivity contribution is 0.0789. The first-order valence-electron chi connectivity index (χ1n) is 5.90. The summed E-state index contributed by atoms with van der Waals surface area (Å²) < 4.78 is 0. The Balaban J connectivity index is 2.35. The standard InChI is InChI=1S/C11H24N2O/c1-3-11(14)9-13(4-2)10-6-5-7-12-8-10/h10-12,14H,3-9H2,1-2H3. The molecule has 2 N–H and O–H groups in total. The molecular formula is C11H24N2O. The molecule has 3 nitrogen and oxygen atoms in total. The molecule has 2 unspecified atom stereocenters. The van der Waals surface area contributed by atoms with Gasteiger partial charge in [-0.2, -0.15) is 0 Å². The highest BCUT2D eigenvalue weighted by Gasteiger charge is 2.20. The number of likely N-dealkylation sites (N-methyl/N-ethyl adjacent to an activating group) is 1. The maximum atomic E-state index is 9.63. The van der Waals surface area contributed by atoms with E-state index in [1.165, 1.54) is 12.8 Å². The number of piperidine rings is 1. The third-order valence-electron chi connectivity index (χ3n) is 3.11. The first-order valence-corrected chi connectivity index (χ1v) is 5.90. The summed E-state index contributed by atoms with van der Waals surface area (Å²) in [6.07, 6.45) is 3.24. The van der Waals surface area contributed by atoms with E-state index in [1.807, 2.05) is 6.92 Å². The number of aliphatic hydroxyl groups is 1. The van der Waals surface area contributed by atoms with Gasteiger partial charge in [-0.3, -0.25) is 4.90 Å². The molecule has 3 heteroatoms. The minimum Gasteiger partial charge on any atom is -0.392 e. The summed E-state index contributed by atoms with van der Waals surface area (Å²) in [5, 5.41) is 13.0. The summed E-state index contributed by atoms with van der Waals surface area (Å²) >= 11 is 0. The Morgan fingerprint density at radius 2 is 2.29 bits per heavy atom. The highest BCUT2D eigenvalue weighted by molar-refractivity contribution is 4.79. The second-order valence-corrected chi connectivity index (χ2v) is 4.15. The molecule has 0 amide bonds. The molecule has 1 rings (SSSR count). The van der Waals surface area contributed by atoms with Crippen molar-refractivity contribution in [3.63, 3.8) is 0 Å². The lowest BCUT2D eigenvalue weighted by atomic mass is 10.1. The Labute approximate surface area is 87.5 Å².